The lowest BCUT2D eigenvalue weighted by Crippen LogP contribution is -2.31. The number of nitrogens with two attached hydrogens (primary N) is 1. The minimum absolute atomic E-state index is 0.190. The smallest absolute Gasteiger partial charge is 0.321 e. The van der Waals surface area contributed by atoms with E-state index in [9.17, 15) is 4.79 Å². The molecule has 0 saturated carbocycles. The highest BCUT2D eigenvalue weighted by Crippen LogP contribution is 2.09. The molecule has 0 aliphatic carbocycles. The van der Waals surface area contributed by atoms with Crippen LogP contribution in [0.25, 0.3) is 0 Å². The number of carboxylic acid groups (broad SMARTS) is 1. The van der Waals surface area contributed by atoms with E-state index in [1.54, 1.807) is 21.6 Å². The Morgan fingerprint density at radius 2 is 2.00 bits per heavy atom. The summed E-state index contributed by atoms with van der Waals surface area (Å²) in [7, 11) is 3.55. The second-order valence-corrected chi connectivity index (χ2v) is 4.49. The fourth-order valence-electron chi connectivity index (χ4n) is 0.0781. The van der Waals surface area contributed by atoms with Gasteiger partial charge >= 0.3 is 5.97 Å². The molecule has 0 rings (SSSR count). The number of rotatable bonds is 3. The number of carbonyl (C=O) groups is 1. The molecule has 0 saturated heterocycles. The van der Waals surface area contributed by atoms with Crippen molar-refractivity contribution in [3.05, 3.63) is 0 Å². The second-order valence-electron chi connectivity index (χ2n) is 1.46. The van der Waals surface area contributed by atoms with Gasteiger partial charge in [0.25, 0.3) is 0 Å². The maximum Gasteiger partial charge on any atom is 0.321 e. The van der Waals surface area contributed by atoms with Crippen molar-refractivity contribution in [2.24, 2.45) is 5.73 Å². The molecule has 0 aliphatic heterocycles. The van der Waals surface area contributed by atoms with E-state index in [-0.39, 0.29) is 5.75 Å². The van der Waals surface area contributed by atoms with Crippen molar-refractivity contribution in [3.8, 4) is 0 Å². The Hall–Kier alpha value is 0.480. The van der Waals surface area contributed by atoms with Crippen LogP contribution in [0, 0.1) is 0 Å². The molecule has 0 radical (unpaired) electrons. The van der Waals surface area contributed by atoms with Crippen LogP contribution in [0.3, 0.4) is 0 Å². The van der Waals surface area contributed by atoms with E-state index in [0.29, 0.717) is 0 Å². The highest BCUT2D eigenvalue weighted by molar-refractivity contribution is 8.76. The van der Waals surface area contributed by atoms with Gasteiger partial charge in [-0.1, -0.05) is 21.6 Å². The molecule has 0 aromatic rings. The lowest BCUT2D eigenvalue weighted by atomic mass is 10.4. The molecule has 0 aliphatic rings. The SMILES string of the molecule is CSSC.N[C@@H](CS)C(=O)O. The van der Waals surface area contributed by atoms with Crippen LogP contribution < -0.4 is 5.73 Å². The summed E-state index contributed by atoms with van der Waals surface area (Å²) in [6.45, 7) is 0. The topological polar surface area (TPSA) is 63.3 Å². The van der Waals surface area contributed by atoms with Crippen molar-refractivity contribution < 1.29 is 9.90 Å². The zero-order chi connectivity index (χ0) is 9.28. The van der Waals surface area contributed by atoms with Gasteiger partial charge in [0.15, 0.2) is 0 Å². The average molecular weight is 215 g/mol. The second kappa shape index (κ2) is 10.5. The van der Waals surface area contributed by atoms with Crippen LogP contribution in [-0.2, 0) is 4.79 Å². The zero-order valence-corrected chi connectivity index (χ0v) is 9.01. The standard InChI is InChI=1S/C3H7NO2S.C2H6S2/c4-2(1-7)3(5)6;1-3-4-2/h2,7H,1,4H2,(H,5,6);1-2H3/t2-;/m0./s1. The van der Waals surface area contributed by atoms with Crippen molar-refractivity contribution in [2.45, 2.75) is 6.04 Å². The van der Waals surface area contributed by atoms with Gasteiger partial charge in [0.1, 0.15) is 6.04 Å². The molecule has 0 unspecified atom stereocenters. The van der Waals surface area contributed by atoms with E-state index >= 15 is 0 Å². The minimum Gasteiger partial charge on any atom is -0.480 e. The summed E-state index contributed by atoms with van der Waals surface area (Å²) in [6, 6.07) is -0.816. The van der Waals surface area contributed by atoms with Crippen LogP contribution in [-0.4, -0.2) is 35.4 Å². The third-order valence-corrected chi connectivity index (χ3v) is 2.41. The molecule has 6 heteroatoms. The Kier molecular flexibility index (Phi) is 13.4. The van der Waals surface area contributed by atoms with E-state index in [0.717, 1.165) is 0 Å². The molecule has 0 bridgehead atoms. The normalized spacial score (nSPS) is 11.3. The van der Waals surface area contributed by atoms with Crippen LogP contribution >= 0.6 is 34.2 Å². The van der Waals surface area contributed by atoms with Gasteiger partial charge in [0.2, 0.25) is 0 Å². The van der Waals surface area contributed by atoms with Crippen molar-refractivity contribution in [1.29, 1.82) is 0 Å². The first kappa shape index (κ1) is 14.0. The van der Waals surface area contributed by atoms with E-state index in [1.807, 2.05) is 0 Å². The molecule has 3 N–H and O–H groups in total. The Morgan fingerprint density at radius 1 is 1.64 bits per heavy atom. The highest BCUT2D eigenvalue weighted by atomic mass is 33.1. The van der Waals surface area contributed by atoms with Crippen LogP contribution in [0.15, 0.2) is 0 Å². The third-order valence-electron chi connectivity index (χ3n) is 0.681. The van der Waals surface area contributed by atoms with Gasteiger partial charge in [0.05, 0.1) is 0 Å². The fraction of sp³-hybridized carbons (Fsp3) is 0.800. The van der Waals surface area contributed by atoms with Crippen LogP contribution in [0.5, 0.6) is 0 Å². The maximum atomic E-state index is 9.76. The predicted molar refractivity (Wildman–Crippen MR) is 56.5 cm³/mol. The molecular formula is C5H13NO2S3. The van der Waals surface area contributed by atoms with Gasteiger partial charge in [-0.3, -0.25) is 4.79 Å². The van der Waals surface area contributed by atoms with Crippen LogP contribution in [0.1, 0.15) is 0 Å². The maximum absolute atomic E-state index is 9.76. The monoisotopic (exact) mass is 215 g/mol. The molecule has 0 heterocycles. The van der Waals surface area contributed by atoms with Gasteiger partial charge in [-0.2, -0.15) is 12.6 Å². The summed E-state index contributed by atoms with van der Waals surface area (Å²) in [5, 5.41) is 8.01. The highest BCUT2D eigenvalue weighted by Gasteiger charge is 2.06. The molecule has 11 heavy (non-hydrogen) atoms. The predicted octanol–water partition coefficient (Wildman–Crippen LogP) is 0.956. The van der Waals surface area contributed by atoms with E-state index in [2.05, 4.69) is 25.1 Å². The van der Waals surface area contributed by atoms with Gasteiger partial charge in [0, 0.05) is 5.75 Å². The molecule has 0 aromatic carbocycles. The first-order chi connectivity index (χ1) is 5.09. The summed E-state index contributed by atoms with van der Waals surface area (Å²) < 4.78 is 0. The molecule has 0 spiro atoms. The lowest BCUT2D eigenvalue weighted by Gasteiger charge is -1.96. The molecule has 68 valence electrons. The average Bonchev–Trinajstić information content (AvgIpc) is 2.03. The summed E-state index contributed by atoms with van der Waals surface area (Å²) >= 11 is 3.65. The Morgan fingerprint density at radius 3 is 2.00 bits per heavy atom. The Balaban J connectivity index is 0. The van der Waals surface area contributed by atoms with Gasteiger partial charge in [-0.15, -0.1) is 0 Å². The van der Waals surface area contributed by atoms with Crippen molar-refractivity contribution in [3.63, 3.8) is 0 Å². The zero-order valence-electron chi connectivity index (χ0n) is 6.48. The lowest BCUT2D eigenvalue weighted by molar-refractivity contribution is -0.137. The molecule has 3 nitrogen and oxygen atoms in total. The van der Waals surface area contributed by atoms with Gasteiger partial charge in [-0.05, 0) is 12.5 Å². The molecule has 0 amide bonds. The number of aliphatic carboxylic acids is 1. The van der Waals surface area contributed by atoms with Gasteiger partial charge < -0.3 is 10.8 Å². The quantitative estimate of drug-likeness (QED) is 0.483. The van der Waals surface area contributed by atoms with Crippen molar-refractivity contribution >= 4 is 40.2 Å². The summed E-state index contributed by atoms with van der Waals surface area (Å²) in [5.74, 6) is -0.815. The number of hydrogen-bond donors (Lipinski definition) is 3. The number of hydrogen-bond acceptors (Lipinski definition) is 5. The Labute approximate surface area is 80.3 Å². The fourth-order valence-corrected chi connectivity index (χ4v) is 0.234. The van der Waals surface area contributed by atoms with Gasteiger partial charge in [-0.25, -0.2) is 0 Å². The van der Waals surface area contributed by atoms with Crippen LogP contribution in [0.4, 0.5) is 0 Å². The minimum atomic E-state index is -1.00. The molecule has 1 atom stereocenters. The van der Waals surface area contributed by atoms with Crippen molar-refractivity contribution in [1.82, 2.24) is 0 Å². The van der Waals surface area contributed by atoms with Crippen molar-refractivity contribution in [2.75, 3.05) is 18.3 Å². The first-order valence-electron chi connectivity index (χ1n) is 2.76. The molecule has 0 aromatic heterocycles. The summed E-state index contributed by atoms with van der Waals surface area (Å²) in [4.78, 5) is 9.76. The van der Waals surface area contributed by atoms with E-state index < -0.39 is 12.0 Å². The Bertz CT molecular complexity index is 99.7. The van der Waals surface area contributed by atoms with E-state index in [4.69, 9.17) is 10.8 Å². The third kappa shape index (κ3) is 13.5. The number of thiol groups is 1. The largest absolute Gasteiger partial charge is 0.480 e. The first-order valence-corrected chi connectivity index (χ1v) is 6.36. The summed E-state index contributed by atoms with van der Waals surface area (Å²) in [5.41, 5.74) is 4.94. The molecule has 0 fully saturated rings. The van der Waals surface area contributed by atoms with Crippen LogP contribution in [0.2, 0.25) is 0 Å². The van der Waals surface area contributed by atoms with E-state index in [1.165, 1.54) is 0 Å². The molecular weight excluding hydrogens is 202 g/mol. The summed E-state index contributed by atoms with van der Waals surface area (Å²) in [6.07, 6.45) is 4.12. The number of carboxylic acids is 1.